The number of methoxy groups -OCH3 is 1. The van der Waals surface area contributed by atoms with Crippen LogP contribution in [0.2, 0.25) is 0 Å². The van der Waals surface area contributed by atoms with E-state index in [9.17, 15) is 4.79 Å². The molecule has 4 rings (SSSR count). The Morgan fingerprint density at radius 3 is 2.93 bits per heavy atom. The molecular formula is C21H22N4O2. The number of anilines is 2. The minimum absolute atomic E-state index is 0.0359. The van der Waals surface area contributed by atoms with Gasteiger partial charge in [-0.25, -0.2) is 4.98 Å². The molecule has 0 saturated heterocycles. The Morgan fingerprint density at radius 1 is 1.22 bits per heavy atom. The van der Waals surface area contributed by atoms with Gasteiger partial charge in [0, 0.05) is 24.6 Å². The predicted molar refractivity (Wildman–Crippen MR) is 106 cm³/mol. The Hall–Kier alpha value is -3.28. The molecule has 1 aliphatic rings. The van der Waals surface area contributed by atoms with Crippen LogP contribution >= 0.6 is 0 Å². The van der Waals surface area contributed by atoms with E-state index in [4.69, 9.17) is 4.74 Å². The van der Waals surface area contributed by atoms with Crippen LogP contribution in [0.15, 0.2) is 61.2 Å². The molecule has 0 aliphatic carbocycles. The van der Waals surface area contributed by atoms with Crippen LogP contribution < -0.4 is 15.0 Å². The minimum atomic E-state index is -0.0359. The first-order valence-electron chi connectivity index (χ1n) is 9.03. The van der Waals surface area contributed by atoms with E-state index in [2.05, 4.69) is 21.3 Å². The topological polar surface area (TPSA) is 59.4 Å². The quantitative estimate of drug-likeness (QED) is 0.757. The summed E-state index contributed by atoms with van der Waals surface area (Å²) in [5, 5.41) is 3.05. The van der Waals surface area contributed by atoms with E-state index in [1.807, 2.05) is 47.2 Å². The number of hydrogen-bond acceptors (Lipinski definition) is 4. The fourth-order valence-electron chi connectivity index (χ4n) is 3.51. The number of rotatable bonds is 5. The first kappa shape index (κ1) is 17.1. The molecule has 0 fully saturated rings. The molecule has 1 N–H and O–H groups in total. The van der Waals surface area contributed by atoms with Gasteiger partial charge in [-0.05, 0) is 48.7 Å². The van der Waals surface area contributed by atoms with E-state index in [1.165, 1.54) is 5.56 Å². The Labute approximate surface area is 158 Å². The number of ether oxygens (including phenoxy) is 1. The zero-order chi connectivity index (χ0) is 18.6. The Kier molecular flexibility index (Phi) is 4.78. The highest BCUT2D eigenvalue weighted by Gasteiger charge is 2.20. The number of hydrogen-bond donors (Lipinski definition) is 1. The van der Waals surface area contributed by atoms with Crippen LogP contribution in [0.3, 0.4) is 0 Å². The first-order valence-corrected chi connectivity index (χ1v) is 9.03. The number of benzene rings is 2. The molecule has 0 radical (unpaired) electrons. The fraction of sp³-hybridized carbons (Fsp3) is 0.238. The second-order valence-corrected chi connectivity index (χ2v) is 6.56. The summed E-state index contributed by atoms with van der Waals surface area (Å²) in [5.74, 6) is 0.820. The van der Waals surface area contributed by atoms with E-state index >= 15 is 0 Å². The Bertz CT molecular complexity index is 937. The molecule has 0 saturated carbocycles. The maximum atomic E-state index is 12.7. The summed E-state index contributed by atoms with van der Waals surface area (Å²) < 4.78 is 7.21. The van der Waals surface area contributed by atoms with Crippen molar-refractivity contribution < 1.29 is 9.53 Å². The van der Waals surface area contributed by atoms with Gasteiger partial charge in [-0.1, -0.05) is 12.1 Å². The molecule has 0 spiro atoms. The van der Waals surface area contributed by atoms with Crippen molar-refractivity contribution in [2.45, 2.75) is 12.8 Å². The van der Waals surface area contributed by atoms with Gasteiger partial charge < -0.3 is 19.5 Å². The van der Waals surface area contributed by atoms with Gasteiger partial charge in [0.25, 0.3) is 0 Å². The summed E-state index contributed by atoms with van der Waals surface area (Å²) in [6, 6.07) is 13.8. The van der Waals surface area contributed by atoms with Gasteiger partial charge >= 0.3 is 0 Å². The third-order valence-corrected chi connectivity index (χ3v) is 4.80. The number of fused-ring (bicyclic) bond motifs is 1. The van der Waals surface area contributed by atoms with Crippen LogP contribution in [0.4, 0.5) is 11.4 Å². The third kappa shape index (κ3) is 3.65. The minimum Gasteiger partial charge on any atom is -0.497 e. The zero-order valence-electron chi connectivity index (χ0n) is 15.3. The number of carbonyl (C=O) groups is 1. The molecule has 3 aromatic rings. The molecule has 2 heterocycles. The number of amides is 1. The summed E-state index contributed by atoms with van der Waals surface area (Å²) in [4.78, 5) is 18.9. The Morgan fingerprint density at radius 2 is 2.11 bits per heavy atom. The second kappa shape index (κ2) is 7.53. The van der Waals surface area contributed by atoms with Crippen LogP contribution in [0.25, 0.3) is 5.69 Å². The molecule has 27 heavy (non-hydrogen) atoms. The highest BCUT2D eigenvalue weighted by Crippen LogP contribution is 2.30. The highest BCUT2D eigenvalue weighted by molar-refractivity contribution is 5.96. The fourth-order valence-corrected chi connectivity index (χ4v) is 3.51. The summed E-state index contributed by atoms with van der Waals surface area (Å²) in [6.45, 7) is 1.19. The lowest BCUT2D eigenvalue weighted by atomic mass is 10.0. The van der Waals surface area contributed by atoms with Crippen molar-refractivity contribution >= 4 is 17.3 Å². The lowest BCUT2D eigenvalue weighted by molar-refractivity contribution is -0.115. The van der Waals surface area contributed by atoms with Gasteiger partial charge in [0.05, 0.1) is 31.4 Å². The molecule has 0 atom stereocenters. The third-order valence-electron chi connectivity index (χ3n) is 4.80. The zero-order valence-corrected chi connectivity index (χ0v) is 15.3. The van der Waals surface area contributed by atoms with Gasteiger partial charge in [0.2, 0.25) is 5.91 Å². The summed E-state index contributed by atoms with van der Waals surface area (Å²) in [5.41, 5.74) is 4.01. The van der Waals surface area contributed by atoms with Crippen molar-refractivity contribution in [2.75, 3.05) is 30.4 Å². The van der Waals surface area contributed by atoms with Crippen molar-refractivity contribution in [3.63, 3.8) is 0 Å². The van der Waals surface area contributed by atoms with Crippen LogP contribution in [-0.2, 0) is 11.2 Å². The van der Waals surface area contributed by atoms with Gasteiger partial charge in [-0.3, -0.25) is 4.79 Å². The van der Waals surface area contributed by atoms with Crippen molar-refractivity contribution in [3.8, 4) is 11.4 Å². The molecule has 6 nitrogen and oxygen atoms in total. The number of para-hydroxylation sites is 2. The molecule has 138 valence electrons. The summed E-state index contributed by atoms with van der Waals surface area (Å²) >= 11 is 0. The van der Waals surface area contributed by atoms with Crippen molar-refractivity contribution in [1.82, 2.24) is 9.55 Å². The van der Waals surface area contributed by atoms with Gasteiger partial charge in [0.1, 0.15) is 5.75 Å². The Balaban J connectivity index is 1.50. The number of nitrogens with zero attached hydrogens (tertiary/aromatic N) is 3. The molecule has 0 unspecified atom stereocenters. The average molecular weight is 362 g/mol. The highest BCUT2D eigenvalue weighted by atomic mass is 16.5. The lowest BCUT2D eigenvalue weighted by Gasteiger charge is -2.31. The molecule has 1 aromatic heterocycles. The number of imidazole rings is 1. The van der Waals surface area contributed by atoms with Gasteiger partial charge in [-0.15, -0.1) is 0 Å². The van der Waals surface area contributed by atoms with Crippen LogP contribution in [0.5, 0.6) is 5.75 Å². The van der Waals surface area contributed by atoms with E-state index in [1.54, 1.807) is 19.6 Å². The second-order valence-electron chi connectivity index (χ2n) is 6.56. The van der Waals surface area contributed by atoms with Crippen LogP contribution in [0, 0.1) is 0 Å². The normalized spacial score (nSPS) is 13.1. The predicted octanol–water partition coefficient (Wildman–Crippen LogP) is 3.27. The van der Waals surface area contributed by atoms with Gasteiger partial charge in [-0.2, -0.15) is 0 Å². The molecular weight excluding hydrogens is 340 g/mol. The molecule has 1 amide bonds. The summed E-state index contributed by atoms with van der Waals surface area (Å²) in [6.07, 6.45) is 7.34. The van der Waals surface area contributed by atoms with E-state index in [0.717, 1.165) is 42.2 Å². The van der Waals surface area contributed by atoms with E-state index in [-0.39, 0.29) is 5.91 Å². The van der Waals surface area contributed by atoms with E-state index < -0.39 is 0 Å². The SMILES string of the molecule is COc1ccc2c(c1)CCCN2CC(=O)Nc1ccccc1-n1ccnc1. The van der Waals surface area contributed by atoms with Gasteiger partial charge in [0.15, 0.2) is 0 Å². The summed E-state index contributed by atoms with van der Waals surface area (Å²) in [7, 11) is 1.67. The van der Waals surface area contributed by atoms with Crippen molar-refractivity contribution in [1.29, 1.82) is 0 Å². The largest absolute Gasteiger partial charge is 0.497 e. The van der Waals surface area contributed by atoms with E-state index in [0.29, 0.717) is 6.54 Å². The molecule has 2 aromatic carbocycles. The van der Waals surface area contributed by atoms with Crippen molar-refractivity contribution in [3.05, 3.63) is 66.7 Å². The van der Waals surface area contributed by atoms with Crippen LogP contribution in [-0.4, -0.2) is 35.7 Å². The van der Waals surface area contributed by atoms with Crippen LogP contribution in [0.1, 0.15) is 12.0 Å². The molecule has 6 heteroatoms. The maximum absolute atomic E-state index is 12.7. The number of aromatic nitrogens is 2. The first-order chi connectivity index (χ1) is 13.2. The monoisotopic (exact) mass is 362 g/mol. The standard InChI is InChI=1S/C21H22N4O2/c1-27-17-8-9-19-16(13-17)5-4-11-24(19)14-21(26)23-18-6-2-3-7-20(18)25-12-10-22-15-25/h2-3,6-10,12-13,15H,4-5,11,14H2,1H3,(H,23,26). The molecule has 0 bridgehead atoms. The smallest absolute Gasteiger partial charge is 0.243 e. The lowest BCUT2D eigenvalue weighted by Crippen LogP contribution is -2.36. The van der Waals surface area contributed by atoms with Crippen molar-refractivity contribution in [2.24, 2.45) is 0 Å². The molecule has 1 aliphatic heterocycles. The number of carbonyl (C=O) groups excluding carboxylic acids is 1. The number of aryl methyl sites for hydroxylation is 1. The maximum Gasteiger partial charge on any atom is 0.243 e. The number of nitrogens with one attached hydrogen (secondary N) is 1. The average Bonchev–Trinajstić information content (AvgIpc) is 3.23.